The molecule has 0 fully saturated rings. The van der Waals surface area contributed by atoms with Crippen LogP contribution in [0.2, 0.25) is 0 Å². The Bertz CT molecular complexity index is 1180. The maximum Gasteiger partial charge on any atom is 0.407 e. The number of carbonyl (C=O) groups excluding carboxylic acids is 2. The summed E-state index contributed by atoms with van der Waals surface area (Å²) in [4.78, 5) is 44.2. The second kappa shape index (κ2) is 11.1. The van der Waals surface area contributed by atoms with E-state index < -0.39 is 30.1 Å². The number of hydrogen-bond acceptors (Lipinski definition) is 5. The van der Waals surface area contributed by atoms with Crippen LogP contribution >= 0.6 is 0 Å². The molecule has 36 heavy (non-hydrogen) atoms. The number of hydrogen-bond donors (Lipinski definition) is 4. The molecule has 1 aliphatic rings. The van der Waals surface area contributed by atoms with Crippen molar-refractivity contribution in [3.63, 3.8) is 0 Å². The fourth-order valence-electron chi connectivity index (χ4n) is 4.57. The van der Waals surface area contributed by atoms with Gasteiger partial charge in [0.25, 0.3) is 0 Å². The van der Waals surface area contributed by atoms with E-state index in [1.54, 1.807) is 0 Å². The Balaban J connectivity index is 1.40. The Morgan fingerprint density at radius 1 is 1.00 bits per heavy atom. The van der Waals surface area contributed by atoms with E-state index in [0.29, 0.717) is 12.1 Å². The number of benzene rings is 2. The highest BCUT2D eigenvalue weighted by atomic mass is 16.5. The number of aromatic nitrogens is 2. The van der Waals surface area contributed by atoms with Crippen molar-refractivity contribution >= 4 is 18.0 Å². The average molecular weight is 491 g/mol. The molecule has 2 aromatic carbocycles. The maximum atomic E-state index is 13.0. The summed E-state index contributed by atoms with van der Waals surface area (Å²) in [7, 11) is 0. The molecule has 1 aliphatic carbocycles. The Morgan fingerprint density at radius 3 is 2.19 bits per heavy atom. The van der Waals surface area contributed by atoms with Gasteiger partial charge in [0.05, 0.1) is 6.33 Å². The summed E-state index contributed by atoms with van der Waals surface area (Å²) in [5, 5.41) is 14.7. The average Bonchev–Trinajstić information content (AvgIpc) is 3.47. The number of carbonyl (C=O) groups is 3. The van der Waals surface area contributed by atoms with Gasteiger partial charge in [0, 0.05) is 24.2 Å². The van der Waals surface area contributed by atoms with Gasteiger partial charge in [0.2, 0.25) is 5.91 Å². The zero-order chi connectivity index (χ0) is 25.7. The monoisotopic (exact) mass is 490 g/mol. The van der Waals surface area contributed by atoms with Crippen LogP contribution in [0.1, 0.15) is 43.0 Å². The third-order valence-electron chi connectivity index (χ3n) is 6.25. The zero-order valence-electron chi connectivity index (χ0n) is 20.2. The summed E-state index contributed by atoms with van der Waals surface area (Å²) in [6.45, 7) is 3.95. The molecule has 0 spiro atoms. The molecule has 0 saturated heterocycles. The predicted octanol–water partition coefficient (Wildman–Crippen LogP) is 3.48. The third-order valence-corrected chi connectivity index (χ3v) is 6.25. The molecule has 1 heterocycles. The van der Waals surface area contributed by atoms with Gasteiger partial charge in [0.15, 0.2) is 0 Å². The molecule has 2 amide bonds. The Hall–Kier alpha value is -4.14. The van der Waals surface area contributed by atoms with E-state index in [0.717, 1.165) is 22.3 Å². The smallest absolute Gasteiger partial charge is 0.407 e. The van der Waals surface area contributed by atoms with E-state index in [1.165, 1.54) is 12.5 Å². The van der Waals surface area contributed by atoms with Gasteiger partial charge >= 0.3 is 12.1 Å². The lowest BCUT2D eigenvalue weighted by atomic mass is 9.98. The van der Waals surface area contributed by atoms with Crippen LogP contribution in [-0.4, -0.2) is 51.7 Å². The number of nitrogens with zero attached hydrogens (tertiary/aromatic N) is 1. The molecule has 9 heteroatoms. The zero-order valence-corrected chi connectivity index (χ0v) is 20.2. The van der Waals surface area contributed by atoms with Crippen molar-refractivity contribution in [2.45, 2.75) is 44.7 Å². The lowest BCUT2D eigenvalue weighted by Crippen LogP contribution is -2.52. The number of fused-ring (bicyclic) bond motifs is 3. The summed E-state index contributed by atoms with van der Waals surface area (Å²) >= 11 is 0. The van der Waals surface area contributed by atoms with Crippen molar-refractivity contribution in [2.24, 2.45) is 5.92 Å². The SMILES string of the molecule is CC(C)C[C@H](NC(=O)OCC1c2ccccc2-c2ccccc21)C(=O)N[C@@H](Cc1cnc[nH]1)C(=O)O. The Kier molecular flexibility index (Phi) is 7.68. The number of imidazole rings is 1. The van der Waals surface area contributed by atoms with Crippen LogP contribution < -0.4 is 10.6 Å². The van der Waals surface area contributed by atoms with Gasteiger partial charge in [-0.3, -0.25) is 4.79 Å². The van der Waals surface area contributed by atoms with Crippen LogP contribution in [0.25, 0.3) is 11.1 Å². The van der Waals surface area contributed by atoms with Crippen molar-refractivity contribution in [1.29, 1.82) is 0 Å². The summed E-state index contributed by atoms with van der Waals surface area (Å²) in [6.07, 6.45) is 2.59. The normalized spacial score (nSPS) is 14.0. The van der Waals surface area contributed by atoms with Gasteiger partial charge in [-0.25, -0.2) is 14.6 Å². The summed E-state index contributed by atoms with van der Waals surface area (Å²) < 4.78 is 5.58. The van der Waals surface area contributed by atoms with E-state index in [4.69, 9.17) is 4.74 Å². The van der Waals surface area contributed by atoms with Crippen molar-refractivity contribution < 1.29 is 24.2 Å². The van der Waals surface area contributed by atoms with Crippen LogP contribution in [0.3, 0.4) is 0 Å². The number of amides is 2. The van der Waals surface area contributed by atoms with Gasteiger partial charge in [-0.15, -0.1) is 0 Å². The van der Waals surface area contributed by atoms with Crippen LogP contribution in [0.4, 0.5) is 4.79 Å². The molecule has 188 valence electrons. The molecule has 0 aliphatic heterocycles. The van der Waals surface area contributed by atoms with Gasteiger partial charge in [-0.2, -0.15) is 0 Å². The second-order valence-corrected chi connectivity index (χ2v) is 9.33. The first-order valence-electron chi connectivity index (χ1n) is 12.0. The molecular formula is C27H30N4O5. The minimum absolute atomic E-state index is 0.0421. The van der Waals surface area contributed by atoms with Gasteiger partial charge in [-0.1, -0.05) is 62.4 Å². The number of carboxylic acid groups (broad SMARTS) is 1. The van der Waals surface area contributed by atoms with Crippen LogP contribution in [-0.2, 0) is 20.7 Å². The number of carboxylic acids is 1. The summed E-state index contributed by atoms with van der Waals surface area (Å²) in [6, 6.07) is 13.9. The minimum Gasteiger partial charge on any atom is -0.480 e. The van der Waals surface area contributed by atoms with Crippen molar-refractivity contribution in [1.82, 2.24) is 20.6 Å². The van der Waals surface area contributed by atoms with Crippen LogP contribution in [0.15, 0.2) is 61.1 Å². The lowest BCUT2D eigenvalue weighted by Gasteiger charge is -2.23. The van der Waals surface area contributed by atoms with Crippen LogP contribution in [0, 0.1) is 5.92 Å². The highest BCUT2D eigenvalue weighted by Gasteiger charge is 2.31. The first kappa shape index (κ1) is 25.0. The number of rotatable bonds is 10. The Labute approximate surface area is 209 Å². The highest BCUT2D eigenvalue weighted by molar-refractivity contribution is 5.89. The minimum atomic E-state index is -1.18. The Morgan fingerprint density at radius 2 is 1.64 bits per heavy atom. The summed E-state index contributed by atoms with van der Waals surface area (Å²) in [5.41, 5.74) is 5.00. The van der Waals surface area contributed by atoms with Gasteiger partial charge in [-0.05, 0) is 34.6 Å². The second-order valence-electron chi connectivity index (χ2n) is 9.33. The molecule has 4 rings (SSSR count). The fraction of sp³-hybridized carbons (Fsp3) is 0.333. The van der Waals surface area contributed by atoms with E-state index in [9.17, 15) is 19.5 Å². The number of nitrogens with one attached hydrogen (secondary N) is 3. The van der Waals surface area contributed by atoms with Crippen molar-refractivity contribution in [2.75, 3.05) is 6.61 Å². The highest BCUT2D eigenvalue weighted by Crippen LogP contribution is 2.44. The maximum absolute atomic E-state index is 13.0. The third kappa shape index (κ3) is 5.73. The first-order valence-corrected chi connectivity index (χ1v) is 12.0. The van der Waals surface area contributed by atoms with Crippen molar-refractivity contribution in [3.8, 4) is 11.1 Å². The molecular weight excluding hydrogens is 460 g/mol. The molecule has 3 aromatic rings. The van der Waals surface area contributed by atoms with E-state index >= 15 is 0 Å². The molecule has 0 bridgehead atoms. The predicted molar refractivity (Wildman–Crippen MR) is 133 cm³/mol. The molecule has 2 atom stereocenters. The number of ether oxygens (including phenoxy) is 1. The molecule has 9 nitrogen and oxygen atoms in total. The standard InChI is InChI=1S/C27H30N4O5/c1-16(2)11-23(25(32)30-24(26(33)34)12-17-13-28-15-29-17)31-27(35)36-14-22-20-9-5-3-7-18(20)19-8-4-6-10-21(19)22/h3-10,13,15-16,22-24H,11-12,14H2,1-2H3,(H,28,29)(H,30,32)(H,31,35)(H,33,34)/t23-,24-/m0/s1. The number of aromatic amines is 1. The van der Waals surface area contributed by atoms with Crippen molar-refractivity contribution in [3.05, 3.63) is 77.9 Å². The largest absolute Gasteiger partial charge is 0.480 e. The van der Waals surface area contributed by atoms with E-state index in [2.05, 4.69) is 32.7 Å². The molecule has 0 saturated carbocycles. The lowest BCUT2D eigenvalue weighted by molar-refractivity contribution is -0.142. The molecule has 0 radical (unpaired) electrons. The topological polar surface area (TPSA) is 133 Å². The van der Waals surface area contributed by atoms with Gasteiger partial charge < -0.3 is 25.5 Å². The number of aliphatic carboxylic acids is 1. The quantitative estimate of drug-likeness (QED) is 0.344. The van der Waals surface area contributed by atoms with E-state index in [-0.39, 0.29) is 24.9 Å². The number of alkyl carbamates (subject to hydrolysis) is 1. The summed E-state index contributed by atoms with van der Waals surface area (Å²) in [5.74, 6) is -1.79. The molecule has 1 aromatic heterocycles. The molecule has 0 unspecified atom stereocenters. The van der Waals surface area contributed by atoms with Gasteiger partial charge in [0.1, 0.15) is 18.7 Å². The first-order chi connectivity index (χ1) is 17.3. The van der Waals surface area contributed by atoms with E-state index in [1.807, 2.05) is 50.2 Å². The number of H-pyrrole nitrogens is 1. The fourth-order valence-corrected chi connectivity index (χ4v) is 4.57. The van der Waals surface area contributed by atoms with Crippen LogP contribution in [0.5, 0.6) is 0 Å². The molecule has 4 N–H and O–H groups in total.